The first kappa shape index (κ1) is 29.0. The maximum Gasteiger partial charge on any atom is 0.340 e. The zero-order chi connectivity index (χ0) is 28.8. The molecule has 4 heterocycles. The van der Waals surface area contributed by atoms with Crippen molar-refractivity contribution in [2.75, 3.05) is 18.5 Å². The number of carbonyl (C=O) groups is 1. The van der Waals surface area contributed by atoms with Crippen molar-refractivity contribution in [2.24, 2.45) is 10.7 Å². The van der Waals surface area contributed by atoms with Crippen LogP contribution in [0, 0.1) is 5.82 Å². The first-order valence-corrected chi connectivity index (χ1v) is 13.6. The molecule has 15 heteroatoms. The summed E-state index contributed by atoms with van der Waals surface area (Å²) in [6.45, 7) is 4.25. The lowest BCUT2D eigenvalue weighted by Crippen LogP contribution is -2.62. The fourth-order valence-corrected chi connectivity index (χ4v) is 8.08. The van der Waals surface area contributed by atoms with Crippen molar-refractivity contribution in [1.29, 1.82) is 0 Å². The number of rotatable bonds is 7. The summed E-state index contributed by atoms with van der Waals surface area (Å²) < 4.78 is 84.7. The van der Waals surface area contributed by atoms with Gasteiger partial charge in [-0.3, -0.25) is 14.5 Å². The van der Waals surface area contributed by atoms with Crippen molar-refractivity contribution < 1.29 is 36.0 Å². The number of nitrogens with two attached hydrogens (primary N) is 1. The first-order valence-electron chi connectivity index (χ1n) is 12.0. The van der Waals surface area contributed by atoms with E-state index in [0.717, 1.165) is 30.8 Å². The van der Waals surface area contributed by atoms with Crippen LogP contribution in [0.4, 0.5) is 27.8 Å². The van der Waals surface area contributed by atoms with Crippen LogP contribution in [0.15, 0.2) is 35.5 Å². The molecule has 0 aliphatic carbocycles. The summed E-state index contributed by atoms with van der Waals surface area (Å²) in [7, 11) is -2.59. The molecule has 1 fully saturated rings. The van der Waals surface area contributed by atoms with Gasteiger partial charge in [0.25, 0.3) is 5.91 Å². The SMILES string of the molecule is CC1(C)C(N)=N[C@](C)(c2nc(NC(=O)c3ccc(OCC(F)(F)C(F)F)cn3)ccc2F)[C@@H]2CCCNS21O. The van der Waals surface area contributed by atoms with E-state index in [9.17, 15) is 26.9 Å². The largest absolute Gasteiger partial charge is 0.485 e. The minimum Gasteiger partial charge on any atom is -0.485 e. The van der Waals surface area contributed by atoms with E-state index >= 15 is 4.39 Å². The van der Waals surface area contributed by atoms with Crippen molar-refractivity contribution in [3.8, 4) is 5.75 Å². The van der Waals surface area contributed by atoms with E-state index in [4.69, 9.17) is 5.73 Å². The summed E-state index contributed by atoms with van der Waals surface area (Å²) in [6, 6.07) is 4.62. The van der Waals surface area contributed by atoms with Gasteiger partial charge in [-0.2, -0.15) is 8.78 Å². The number of nitrogens with one attached hydrogen (secondary N) is 2. The number of anilines is 1. The number of aromatic nitrogens is 2. The van der Waals surface area contributed by atoms with Crippen LogP contribution in [0.1, 0.15) is 49.8 Å². The fourth-order valence-electron chi connectivity index (χ4n) is 4.65. The van der Waals surface area contributed by atoms with E-state index in [1.807, 2.05) is 0 Å². The minimum atomic E-state index is -4.34. The Labute approximate surface area is 223 Å². The highest BCUT2D eigenvalue weighted by atomic mass is 32.3. The third-order valence-corrected chi connectivity index (χ3v) is 11.0. The van der Waals surface area contributed by atoms with E-state index in [0.29, 0.717) is 13.0 Å². The highest BCUT2D eigenvalue weighted by Gasteiger charge is 2.60. The second kappa shape index (κ2) is 10.2. The number of alkyl halides is 4. The summed E-state index contributed by atoms with van der Waals surface area (Å²) >= 11 is 0. The van der Waals surface area contributed by atoms with Crippen LogP contribution in [-0.2, 0) is 5.54 Å². The van der Waals surface area contributed by atoms with Gasteiger partial charge in [-0.1, -0.05) is 10.5 Å². The van der Waals surface area contributed by atoms with Gasteiger partial charge in [0.2, 0.25) is 0 Å². The second-order valence-electron chi connectivity index (χ2n) is 10.0. The lowest BCUT2D eigenvalue weighted by Gasteiger charge is -2.61. The van der Waals surface area contributed by atoms with Crippen LogP contribution >= 0.6 is 10.5 Å². The Morgan fingerprint density at radius 3 is 2.67 bits per heavy atom. The molecule has 9 nitrogen and oxygen atoms in total. The van der Waals surface area contributed by atoms with Gasteiger partial charge in [0, 0.05) is 6.54 Å². The number of hydrogen-bond donors (Lipinski definition) is 4. The van der Waals surface area contributed by atoms with Gasteiger partial charge in [-0.15, -0.1) is 0 Å². The quantitative estimate of drug-likeness (QED) is 0.358. The smallest absolute Gasteiger partial charge is 0.340 e. The van der Waals surface area contributed by atoms with E-state index in [1.54, 1.807) is 20.8 Å². The fraction of sp³-hybridized carbons (Fsp3) is 0.500. The van der Waals surface area contributed by atoms with Gasteiger partial charge in [0.1, 0.15) is 40.1 Å². The Bertz CT molecular complexity index is 1280. The molecule has 0 saturated carbocycles. The van der Waals surface area contributed by atoms with Crippen LogP contribution in [0.25, 0.3) is 0 Å². The molecule has 0 spiro atoms. The Morgan fingerprint density at radius 1 is 1.31 bits per heavy atom. The molecule has 214 valence electrons. The lowest BCUT2D eigenvalue weighted by molar-refractivity contribution is -0.148. The molecule has 2 aromatic heterocycles. The van der Waals surface area contributed by atoms with Crippen molar-refractivity contribution in [3.63, 3.8) is 0 Å². The molecule has 2 aromatic rings. The number of ether oxygens (including phenoxy) is 1. The number of amides is 1. The molecule has 3 atom stereocenters. The molecular formula is C24H29F5N6O3S. The van der Waals surface area contributed by atoms with E-state index in [2.05, 4.69) is 29.7 Å². The molecule has 39 heavy (non-hydrogen) atoms. The molecule has 5 N–H and O–H groups in total. The molecule has 4 rings (SSSR count). The van der Waals surface area contributed by atoms with Crippen molar-refractivity contribution in [2.45, 2.75) is 61.5 Å². The predicted octanol–water partition coefficient (Wildman–Crippen LogP) is 4.46. The minimum absolute atomic E-state index is 0.0303. The summed E-state index contributed by atoms with van der Waals surface area (Å²) in [5.74, 6) is -5.91. The molecule has 0 aromatic carbocycles. The number of aliphatic imine (C=N–C) groups is 1. The van der Waals surface area contributed by atoms with Crippen LogP contribution < -0.4 is 20.5 Å². The molecule has 1 saturated heterocycles. The van der Waals surface area contributed by atoms with Crippen molar-refractivity contribution >= 4 is 28.1 Å². The van der Waals surface area contributed by atoms with E-state index in [1.165, 1.54) is 6.07 Å². The van der Waals surface area contributed by atoms with Gasteiger partial charge in [-0.05, 0) is 57.9 Å². The maximum absolute atomic E-state index is 15.2. The standard InChI is InChI=1S/C24H29F5N6O3S/c1-22(2)21(30)35-23(3,16-5-4-10-32-39(16,22)37)18-14(25)7-9-17(33-18)34-19(36)15-8-6-13(11-31-15)38-12-24(28,29)20(26)27/h6-9,11,16,20,32,37H,4-5,10,12H2,1-3H3,(H2,30,35)(H,33,34,36)/t16-,23-/m0/s1. The molecule has 0 bridgehead atoms. The van der Waals surface area contributed by atoms with Crippen LogP contribution in [0.3, 0.4) is 0 Å². The topological polar surface area (TPSA) is 135 Å². The molecule has 2 aliphatic rings. The highest BCUT2D eigenvalue weighted by Crippen LogP contribution is 2.66. The van der Waals surface area contributed by atoms with E-state index in [-0.39, 0.29) is 28.8 Å². The third-order valence-electron chi connectivity index (χ3n) is 7.04. The number of nitrogens with zero attached hydrogens (tertiary/aromatic N) is 3. The number of amidine groups is 1. The molecule has 1 amide bonds. The summed E-state index contributed by atoms with van der Waals surface area (Å²) in [5, 5.41) is 1.98. The summed E-state index contributed by atoms with van der Waals surface area (Å²) in [5.41, 5.74) is 4.68. The zero-order valence-corrected chi connectivity index (χ0v) is 22.2. The van der Waals surface area contributed by atoms with Gasteiger partial charge >= 0.3 is 12.3 Å². The monoisotopic (exact) mass is 576 g/mol. The molecule has 0 radical (unpaired) electrons. The number of carbonyl (C=O) groups excluding carboxylic acids is 1. The maximum atomic E-state index is 15.2. The highest BCUT2D eigenvalue weighted by molar-refractivity contribution is 8.29. The number of pyridine rings is 2. The lowest BCUT2D eigenvalue weighted by atomic mass is 9.89. The van der Waals surface area contributed by atoms with Gasteiger partial charge in [0.15, 0.2) is 6.61 Å². The van der Waals surface area contributed by atoms with E-state index < -0.39 is 56.7 Å². The van der Waals surface area contributed by atoms with Gasteiger partial charge in [0.05, 0.1) is 16.2 Å². The Kier molecular flexibility index (Phi) is 7.55. The third kappa shape index (κ3) is 5.14. The van der Waals surface area contributed by atoms with Gasteiger partial charge < -0.3 is 20.3 Å². The number of halogens is 5. The van der Waals surface area contributed by atoms with Crippen LogP contribution in [0.2, 0.25) is 0 Å². The first-order chi connectivity index (χ1) is 18.1. The average Bonchev–Trinajstić information content (AvgIpc) is 2.88. The number of fused-ring (bicyclic) bond motifs is 1. The average molecular weight is 577 g/mol. The molecule has 2 aliphatic heterocycles. The van der Waals surface area contributed by atoms with Crippen molar-refractivity contribution in [1.82, 2.24) is 14.7 Å². The predicted molar refractivity (Wildman–Crippen MR) is 137 cm³/mol. The Morgan fingerprint density at radius 2 is 2.03 bits per heavy atom. The number of hydrogen-bond acceptors (Lipinski definition) is 8. The van der Waals surface area contributed by atoms with Crippen LogP contribution in [-0.4, -0.2) is 61.8 Å². The van der Waals surface area contributed by atoms with Crippen molar-refractivity contribution in [3.05, 3.63) is 47.7 Å². The van der Waals surface area contributed by atoms with Crippen LogP contribution in [0.5, 0.6) is 5.75 Å². The molecule has 1 unspecified atom stereocenters. The summed E-state index contributed by atoms with van der Waals surface area (Å²) in [4.78, 5) is 25.5. The Hall–Kier alpha value is -3.04. The Balaban J connectivity index is 1.57. The normalized spacial score (nSPS) is 28.2. The summed E-state index contributed by atoms with van der Waals surface area (Å²) in [6.07, 6.45) is -1.68. The second-order valence-corrected chi connectivity index (χ2v) is 13.1. The zero-order valence-electron chi connectivity index (χ0n) is 21.4. The molecular weight excluding hydrogens is 547 g/mol. The van der Waals surface area contributed by atoms with Gasteiger partial charge in [-0.25, -0.2) is 23.1 Å².